The monoisotopic (exact) mass is 306 g/mol. The summed E-state index contributed by atoms with van der Waals surface area (Å²) >= 11 is 1.44. The smallest absolute Gasteiger partial charge is 0.241 e. The third-order valence-corrected chi connectivity index (χ3v) is 5.31. The number of sulfonamides is 1. The maximum Gasteiger partial charge on any atom is 0.241 e. The van der Waals surface area contributed by atoms with Crippen LogP contribution in [0.2, 0.25) is 0 Å². The first kappa shape index (κ1) is 16.6. The van der Waals surface area contributed by atoms with Crippen LogP contribution < -0.4 is 10.0 Å². The predicted octanol–water partition coefficient (Wildman–Crippen LogP) is 1.56. The number of thiophene rings is 1. The normalized spacial score (nSPS) is 12.8. The fourth-order valence-corrected chi connectivity index (χ4v) is 3.96. The highest BCUT2D eigenvalue weighted by molar-refractivity contribution is 7.89. The van der Waals surface area contributed by atoms with Gasteiger partial charge < -0.3 is 10.1 Å². The Morgan fingerprint density at radius 3 is 2.68 bits per heavy atom. The van der Waals surface area contributed by atoms with Crippen molar-refractivity contribution in [3.8, 4) is 0 Å². The summed E-state index contributed by atoms with van der Waals surface area (Å²) in [7, 11) is -1.92. The van der Waals surface area contributed by atoms with Crippen LogP contribution in [0.1, 0.15) is 25.6 Å². The van der Waals surface area contributed by atoms with Gasteiger partial charge in [-0.3, -0.25) is 0 Å². The molecule has 0 aromatic carbocycles. The molecule has 1 aromatic heterocycles. The Labute approximate surface area is 119 Å². The second-order valence-corrected chi connectivity index (χ2v) is 7.51. The number of rotatable bonds is 8. The van der Waals surface area contributed by atoms with Crippen LogP contribution in [-0.2, 0) is 21.3 Å². The van der Waals surface area contributed by atoms with Gasteiger partial charge in [0.25, 0.3) is 0 Å². The molecule has 0 atom stereocenters. The molecular weight excluding hydrogens is 284 g/mol. The number of nitrogens with one attached hydrogen (secondary N) is 2. The summed E-state index contributed by atoms with van der Waals surface area (Å²) in [6.45, 7) is 7.27. The molecule has 0 amide bonds. The van der Waals surface area contributed by atoms with E-state index in [4.69, 9.17) is 4.74 Å². The minimum atomic E-state index is -3.48. The van der Waals surface area contributed by atoms with Crippen LogP contribution in [0.15, 0.2) is 16.3 Å². The van der Waals surface area contributed by atoms with Crippen molar-refractivity contribution in [3.05, 3.63) is 16.3 Å². The average molecular weight is 306 g/mol. The van der Waals surface area contributed by atoms with Crippen molar-refractivity contribution in [1.29, 1.82) is 0 Å². The fraction of sp³-hybridized carbons (Fsp3) is 0.667. The molecule has 5 nitrogen and oxygen atoms in total. The van der Waals surface area contributed by atoms with Crippen LogP contribution in [0.3, 0.4) is 0 Å². The van der Waals surface area contributed by atoms with Gasteiger partial charge in [-0.05, 0) is 31.8 Å². The Hall–Kier alpha value is -0.470. The molecule has 0 aliphatic carbocycles. The lowest BCUT2D eigenvalue weighted by Gasteiger charge is -2.23. The number of ether oxygens (including phenoxy) is 1. The minimum absolute atomic E-state index is 0.238. The van der Waals surface area contributed by atoms with E-state index in [-0.39, 0.29) is 6.54 Å². The van der Waals surface area contributed by atoms with Crippen molar-refractivity contribution >= 4 is 21.4 Å². The Morgan fingerprint density at radius 2 is 2.11 bits per heavy atom. The molecule has 7 heteroatoms. The molecule has 110 valence electrons. The van der Waals surface area contributed by atoms with Crippen LogP contribution in [0.5, 0.6) is 0 Å². The first-order chi connectivity index (χ1) is 8.82. The molecule has 0 unspecified atom stereocenters. The molecule has 1 rings (SSSR count). The van der Waals surface area contributed by atoms with Crippen molar-refractivity contribution in [2.24, 2.45) is 0 Å². The second-order valence-electron chi connectivity index (χ2n) is 4.78. The van der Waals surface area contributed by atoms with Gasteiger partial charge in [-0.1, -0.05) is 6.92 Å². The number of methoxy groups -OCH3 is 1. The molecule has 1 heterocycles. The lowest BCUT2D eigenvalue weighted by Crippen LogP contribution is -2.39. The van der Waals surface area contributed by atoms with Crippen LogP contribution in [0, 0.1) is 0 Å². The highest BCUT2D eigenvalue weighted by Gasteiger charge is 2.24. The van der Waals surface area contributed by atoms with E-state index < -0.39 is 15.6 Å². The lowest BCUT2D eigenvalue weighted by molar-refractivity contribution is 0.0276. The Kier molecular flexibility index (Phi) is 5.94. The fourth-order valence-electron chi connectivity index (χ4n) is 1.35. The quantitative estimate of drug-likeness (QED) is 0.765. The summed E-state index contributed by atoms with van der Waals surface area (Å²) in [5, 5.41) is 4.93. The zero-order valence-corrected chi connectivity index (χ0v) is 13.5. The van der Waals surface area contributed by atoms with E-state index in [1.165, 1.54) is 11.3 Å². The van der Waals surface area contributed by atoms with Gasteiger partial charge in [-0.15, -0.1) is 11.3 Å². The minimum Gasteiger partial charge on any atom is -0.377 e. The first-order valence-corrected chi connectivity index (χ1v) is 8.50. The van der Waals surface area contributed by atoms with Crippen LogP contribution in [0.4, 0.5) is 0 Å². The lowest BCUT2D eigenvalue weighted by atomic mass is 10.1. The van der Waals surface area contributed by atoms with E-state index >= 15 is 0 Å². The van der Waals surface area contributed by atoms with Crippen molar-refractivity contribution < 1.29 is 13.2 Å². The second kappa shape index (κ2) is 6.81. The molecule has 0 saturated carbocycles. The van der Waals surface area contributed by atoms with E-state index in [2.05, 4.69) is 10.0 Å². The molecule has 0 aliphatic heterocycles. The third kappa shape index (κ3) is 4.85. The van der Waals surface area contributed by atoms with Crippen LogP contribution in [-0.4, -0.2) is 34.2 Å². The molecule has 19 heavy (non-hydrogen) atoms. The summed E-state index contributed by atoms with van der Waals surface area (Å²) in [4.78, 5) is 1.18. The highest BCUT2D eigenvalue weighted by Crippen LogP contribution is 2.22. The van der Waals surface area contributed by atoms with E-state index in [1.807, 2.05) is 20.8 Å². The molecule has 2 N–H and O–H groups in total. The molecule has 0 radical (unpaired) electrons. The van der Waals surface area contributed by atoms with E-state index in [1.54, 1.807) is 18.6 Å². The largest absolute Gasteiger partial charge is 0.377 e. The Morgan fingerprint density at radius 1 is 1.42 bits per heavy atom. The van der Waals surface area contributed by atoms with Crippen molar-refractivity contribution in [3.63, 3.8) is 0 Å². The summed E-state index contributed by atoms with van der Waals surface area (Å²) in [6.07, 6.45) is 0. The van der Waals surface area contributed by atoms with Gasteiger partial charge in [-0.2, -0.15) is 0 Å². The maximum atomic E-state index is 12.3. The zero-order chi connectivity index (χ0) is 14.5. The van der Waals surface area contributed by atoms with Gasteiger partial charge in [0.05, 0.1) is 10.5 Å². The first-order valence-electron chi connectivity index (χ1n) is 6.14. The molecule has 1 aromatic rings. The molecular formula is C12H22N2O3S2. The van der Waals surface area contributed by atoms with Gasteiger partial charge >= 0.3 is 0 Å². The van der Waals surface area contributed by atoms with Gasteiger partial charge in [0.2, 0.25) is 10.0 Å². The standard InChI is InChI=1S/C12H22N2O3S2/c1-5-13-8-10-11(6-7-18-10)19(15,16)14-9-12(2,3)17-4/h6-7,13-14H,5,8-9H2,1-4H3. The van der Waals surface area contributed by atoms with E-state index in [0.717, 1.165) is 11.4 Å². The molecule has 0 saturated heterocycles. The Balaban J connectivity index is 2.80. The van der Waals surface area contributed by atoms with Crippen molar-refractivity contribution in [1.82, 2.24) is 10.0 Å². The summed E-state index contributed by atoms with van der Waals surface area (Å²) in [5.41, 5.74) is -0.523. The van der Waals surface area contributed by atoms with Gasteiger partial charge in [-0.25, -0.2) is 13.1 Å². The summed E-state index contributed by atoms with van der Waals surface area (Å²) < 4.78 is 32.3. The number of hydrogen-bond donors (Lipinski definition) is 2. The topological polar surface area (TPSA) is 67.4 Å². The molecule has 0 fully saturated rings. The van der Waals surface area contributed by atoms with E-state index in [0.29, 0.717) is 11.4 Å². The van der Waals surface area contributed by atoms with Crippen LogP contribution >= 0.6 is 11.3 Å². The molecule has 0 aliphatic rings. The zero-order valence-electron chi connectivity index (χ0n) is 11.8. The summed E-state index contributed by atoms with van der Waals surface area (Å²) in [6, 6.07) is 1.64. The predicted molar refractivity (Wildman–Crippen MR) is 78.0 cm³/mol. The Bertz CT molecular complexity index is 495. The maximum absolute atomic E-state index is 12.3. The van der Waals surface area contributed by atoms with Crippen molar-refractivity contribution in [2.75, 3.05) is 20.2 Å². The average Bonchev–Trinajstić information content (AvgIpc) is 2.83. The third-order valence-electron chi connectivity index (χ3n) is 2.77. The molecule has 0 spiro atoms. The summed E-state index contributed by atoms with van der Waals surface area (Å²) in [5.74, 6) is 0. The molecule has 0 bridgehead atoms. The van der Waals surface area contributed by atoms with Gasteiger partial charge in [0.15, 0.2) is 0 Å². The number of hydrogen-bond acceptors (Lipinski definition) is 5. The van der Waals surface area contributed by atoms with Gasteiger partial charge in [0, 0.05) is 25.1 Å². The van der Waals surface area contributed by atoms with Crippen LogP contribution in [0.25, 0.3) is 0 Å². The van der Waals surface area contributed by atoms with E-state index in [9.17, 15) is 8.42 Å². The SMILES string of the molecule is CCNCc1sccc1S(=O)(=O)NCC(C)(C)OC. The van der Waals surface area contributed by atoms with Crippen molar-refractivity contribution in [2.45, 2.75) is 37.8 Å². The highest BCUT2D eigenvalue weighted by atomic mass is 32.2. The van der Waals surface area contributed by atoms with Gasteiger partial charge in [0.1, 0.15) is 0 Å².